The highest BCUT2D eigenvalue weighted by Crippen LogP contribution is 2.20. The van der Waals surface area contributed by atoms with Crippen LogP contribution in [0.1, 0.15) is 6.92 Å². The van der Waals surface area contributed by atoms with E-state index in [9.17, 15) is 10.0 Å². The monoisotopic (exact) mass is 324 g/mol. The summed E-state index contributed by atoms with van der Waals surface area (Å²) in [4.78, 5) is 24.7. The lowest BCUT2D eigenvalue weighted by Crippen LogP contribution is -2.70. The Kier molecular flexibility index (Phi) is 4.59. The number of urea groups is 1. The first-order valence-electron chi connectivity index (χ1n) is 7.44. The van der Waals surface area contributed by atoms with Gasteiger partial charge < -0.3 is 16.0 Å². The summed E-state index contributed by atoms with van der Waals surface area (Å²) >= 11 is 0. The maximum Gasteiger partial charge on any atom is 0.320 e. The van der Waals surface area contributed by atoms with Crippen LogP contribution in [-0.2, 0) is 0 Å². The van der Waals surface area contributed by atoms with Gasteiger partial charge in [0.1, 0.15) is 17.0 Å². The maximum absolute atomic E-state index is 11.6. The molecular weight excluding hydrogens is 308 g/mol. The van der Waals surface area contributed by atoms with Gasteiger partial charge in [-0.25, -0.2) is 14.8 Å². The summed E-state index contributed by atoms with van der Waals surface area (Å²) < 4.78 is 0. The average molecular weight is 324 g/mol. The number of amides is 2. The van der Waals surface area contributed by atoms with Crippen LogP contribution in [0.5, 0.6) is 0 Å². The summed E-state index contributed by atoms with van der Waals surface area (Å²) in [5, 5.41) is 16.0. The topological polar surface area (TPSA) is 119 Å². The lowest BCUT2D eigenvalue weighted by molar-refractivity contribution is -0.497. The van der Waals surface area contributed by atoms with Crippen molar-refractivity contribution in [3.8, 4) is 11.3 Å². The number of anilines is 1. The minimum Gasteiger partial charge on any atom is -0.630 e. The van der Waals surface area contributed by atoms with Gasteiger partial charge in [-0.3, -0.25) is 10.3 Å². The predicted octanol–water partition coefficient (Wildman–Crippen LogP) is 1.53. The van der Waals surface area contributed by atoms with Gasteiger partial charge in [-0.2, -0.15) is 0 Å². The zero-order valence-corrected chi connectivity index (χ0v) is 13.0. The van der Waals surface area contributed by atoms with Crippen molar-refractivity contribution in [2.45, 2.75) is 6.92 Å². The van der Waals surface area contributed by atoms with Gasteiger partial charge >= 0.3 is 6.03 Å². The molecule has 0 fully saturated rings. The molecule has 0 spiro atoms. The van der Waals surface area contributed by atoms with Crippen LogP contribution >= 0.6 is 0 Å². The van der Waals surface area contributed by atoms with Crippen LogP contribution in [0, 0.1) is 5.21 Å². The summed E-state index contributed by atoms with van der Waals surface area (Å²) in [5.41, 5.74) is 3.92. The third kappa shape index (κ3) is 3.45. The second kappa shape index (κ2) is 6.99. The Balaban J connectivity index is 1.91. The number of fused-ring (bicyclic) bond motifs is 1. The van der Waals surface area contributed by atoms with Gasteiger partial charge in [0.2, 0.25) is 0 Å². The first-order valence-corrected chi connectivity index (χ1v) is 7.44. The summed E-state index contributed by atoms with van der Waals surface area (Å²) in [6, 6.07) is 10.1. The number of pyridine rings is 1. The van der Waals surface area contributed by atoms with E-state index in [1.165, 1.54) is 0 Å². The van der Waals surface area contributed by atoms with Crippen molar-refractivity contribution >= 4 is 28.7 Å². The SMILES string of the molecule is CCNC(=O)Nc1ccc2ncc(-c3ccc([NH2+][O-])cc3)nc2n1. The second-order valence-electron chi connectivity index (χ2n) is 5.02. The molecule has 0 unspecified atom stereocenters. The van der Waals surface area contributed by atoms with E-state index < -0.39 is 0 Å². The standard InChI is InChI=1S/C16H16N6O2/c1-2-17-16(23)21-14-8-7-12-15(20-14)19-13(9-18-12)10-3-5-11(22-24)6-4-10/h3-9H,2,22H2,1H3,(H2,17,19,20,21,23). The van der Waals surface area contributed by atoms with Gasteiger partial charge in [-0.15, -0.1) is 0 Å². The van der Waals surface area contributed by atoms with Crippen molar-refractivity contribution in [2.75, 3.05) is 11.9 Å². The van der Waals surface area contributed by atoms with Crippen molar-refractivity contribution in [1.82, 2.24) is 20.3 Å². The molecule has 2 amide bonds. The molecule has 0 aliphatic rings. The number of benzene rings is 1. The zero-order chi connectivity index (χ0) is 16.9. The predicted molar refractivity (Wildman–Crippen MR) is 90.4 cm³/mol. The van der Waals surface area contributed by atoms with E-state index in [4.69, 9.17) is 0 Å². The quantitative estimate of drug-likeness (QED) is 0.496. The van der Waals surface area contributed by atoms with Gasteiger partial charge in [-0.05, 0) is 43.3 Å². The molecule has 0 saturated heterocycles. The van der Waals surface area contributed by atoms with Gasteiger partial charge in [0, 0.05) is 12.1 Å². The summed E-state index contributed by atoms with van der Waals surface area (Å²) in [6.07, 6.45) is 1.65. The Morgan fingerprint density at radius 2 is 1.96 bits per heavy atom. The van der Waals surface area contributed by atoms with Crippen LogP contribution in [-0.4, -0.2) is 27.5 Å². The molecule has 8 nitrogen and oxygen atoms in total. The minimum atomic E-state index is -0.321. The fourth-order valence-electron chi connectivity index (χ4n) is 2.16. The molecule has 0 radical (unpaired) electrons. The third-order valence-corrected chi connectivity index (χ3v) is 3.33. The smallest absolute Gasteiger partial charge is 0.320 e. The van der Waals surface area contributed by atoms with Crippen LogP contribution in [0.15, 0.2) is 42.6 Å². The molecule has 2 heterocycles. The molecule has 3 aromatic rings. The Bertz CT molecular complexity index is 866. The molecule has 0 saturated carbocycles. The van der Waals surface area contributed by atoms with E-state index in [1.807, 2.05) is 6.92 Å². The van der Waals surface area contributed by atoms with E-state index in [-0.39, 0.29) is 6.03 Å². The Morgan fingerprint density at radius 1 is 1.17 bits per heavy atom. The van der Waals surface area contributed by atoms with Crippen LogP contribution in [0.4, 0.5) is 16.3 Å². The number of nitrogens with one attached hydrogen (secondary N) is 2. The van der Waals surface area contributed by atoms with Crippen molar-refractivity contribution in [3.05, 3.63) is 47.8 Å². The highest BCUT2D eigenvalue weighted by Gasteiger charge is 2.07. The highest BCUT2D eigenvalue weighted by molar-refractivity contribution is 5.89. The molecule has 1 aromatic carbocycles. The molecule has 0 bridgehead atoms. The van der Waals surface area contributed by atoms with E-state index in [2.05, 4.69) is 25.6 Å². The summed E-state index contributed by atoms with van der Waals surface area (Å²) in [5.74, 6) is 0.399. The number of nitrogens with zero attached hydrogens (tertiary/aromatic N) is 3. The molecule has 0 atom stereocenters. The Morgan fingerprint density at radius 3 is 2.67 bits per heavy atom. The number of hydrogen-bond acceptors (Lipinski definition) is 5. The number of hydrogen-bond donors (Lipinski definition) is 3. The first-order chi connectivity index (χ1) is 11.7. The molecule has 0 aliphatic heterocycles. The number of quaternary nitrogens is 1. The highest BCUT2D eigenvalue weighted by atomic mass is 16.5. The molecule has 3 rings (SSSR count). The second-order valence-corrected chi connectivity index (χ2v) is 5.02. The van der Waals surface area contributed by atoms with E-state index in [0.29, 0.717) is 34.9 Å². The molecule has 0 aliphatic carbocycles. The molecule has 24 heavy (non-hydrogen) atoms. The lowest BCUT2D eigenvalue weighted by atomic mass is 10.1. The number of nitrogens with two attached hydrogens (primary N) is 1. The van der Waals surface area contributed by atoms with Crippen LogP contribution < -0.4 is 16.1 Å². The maximum atomic E-state index is 11.6. The van der Waals surface area contributed by atoms with Crippen molar-refractivity contribution < 1.29 is 10.3 Å². The van der Waals surface area contributed by atoms with Crippen molar-refractivity contribution in [2.24, 2.45) is 0 Å². The number of aromatic nitrogens is 3. The lowest BCUT2D eigenvalue weighted by Gasteiger charge is -2.07. The largest absolute Gasteiger partial charge is 0.630 e. The molecule has 122 valence electrons. The molecule has 4 N–H and O–H groups in total. The number of carbonyl (C=O) groups is 1. The van der Waals surface area contributed by atoms with Gasteiger partial charge in [0.05, 0.1) is 11.9 Å². The number of carbonyl (C=O) groups excluding carboxylic acids is 1. The van der Waals surface area contributed by atoms with Gasteiger partial charge in [0.15, 0.2) is 5.65 Å². The molecular formula is C16H16N6O2. The first kappa shape index (κ1) is 15.8. The van der Waals surface area contributed by atoms with E-state index >= 15 is 0 Å². The van der Waals surface area contributed by atoms with Gasteiger partial charge in [0.25, 0.3) is 0 Å². The fourth-order valence-corrected chi connectivity index (χ4v) is 2.16. The Hall–Kier alpha value is -3.10. The van der Waals surface area contributed by atoms with Crippen LogP contribution in [0.25, 0.3) is 22.4 Å². The van der Waals surface area contributed by atoms with Crippen LogP contribution in [0.2, 0.25) is 0 Å². The molecule has 2 aromatic heterocycles. The van der Waals surface area contributed by atoms with Crippen molar-refractivity contribution in [1.29, 1.82) is 0 Å². The fraction of sp³-hybridized carbons (Fsp3) is 0.125. The van der Waals surface area contributed by atoms with E-state index in [1.54, 1.807) is 42.6 Å². The van der Waals surface area contributed by atoms with E-state index in [0.717, 1.165) is 11.0 Å². The summed E-state index contributed by atoms with van der Waals surface area (Å²) in [7, 11) is 0. The Labute approximate surface area is 137 Å². The normalized spacial score (nSPS) is 10.6. The average Bonchev–Trinajstić information content (AvgIpc) is 2.61. The third-order valence-electron chi connectivity index (χ3n) is 3.33. The molecule has 8 heteroatoms. The zero-order valence-electron chi connectivity index (χ0n) is 13.0. The minimum absolute atomic E-state index is 0.321. The van der Waals surface area contributed by atoms with Crippen molar-refractivity contribution in [3.63, 3.8) is 0 Å². The summed E-state index contributed by atoms with van der Waals surface area (Å²) in [6.45, 7) is 2.36. The van der Waals surface area contributed by atoms with Gasteiger partial charge in [-0.1, -0.05) is 0 Å². The number of rotatable bonds is 4. The van der Waals surface area contributed by atoms with Crippen LogP contribution in [0.3, 0.4) is 0 Å².